The van der Waals surface area contributed by atoms with Crippen molar-refractivity contribution < 1.29 is 43.7 Å². The predicted octanol–water partition coefficient (Wildman–Crippen LogP) is 5.59. The molecule has 0 saturated carbocycles. The average Bonchev–Trinajstić information content (AvgIpc) is 3.94. The summed E-state index contributed by atoms with van der Waals surface area (Å²) in [5, 5.41) is 38.3. The van der Waals surface area contributed by atoms with Crippen LogP contribution < -0.4 is 16.0 Å². The van der Waals surface area contributed by atoms with Gasteiger partial charge in [0.1, 0.15) is 23.3 Å². The number of hydrogen-bond acceptors (Lipinski definition) is 13. The van der Waals surface area contributed by atoms with Gasteiger partial charge in [0.2, 0.25) is 11.8 Å². The number of likely N-dealkylation sites (N-methyl/N-ethyl adjacent to an activating group) is 1. The third kappa shape index (κ3) is 15.6. The van der Waals surface area contributed by atoms with Crippen LogP contribution in [-0.2, 0) is 48.1 Å². The van der Waals surface area contributed by atoms with Gasteiger partial charge in [-0.05, 0) is 102 Å². The number of esters is 1. The summed E-state index contributed by atoms with van der Waals surface area (Å²) >= 11 is 1.15. The summed E-state index contributed by atoms with van der Waals surface area (Å²) in [5.74, 6) is -3.91. The van der Waals surface area contributed by atoms with Crippen LogP contribution in [0.15, 0.2) is 35.8 Å². The lowest BCUT2D eigenvalue weighted by Crippen LogP contribution is -2.59. The molecule has 0 aliphatic carbocycles. The Balaban J connectivity index is 1.63. The first-order valence-electron chi connectivity index (χ1n) is 23.1. The Morgan fingerprint density at radius 2 is 1.74 bits per heavy atom. The van der Waals surface area contributed by atoms with Crippen molar-refractivity contribution in [2.75, 3.05) is 32.5 Å². The molecule has 3 heterocycles. The van der Waals surface area contributed by atoms with Crippen LogP contribution in [0.3, 0.4) is 0 Å². The number of unbranched alkanes of at least 4 members (excludes halogenated alkanes) is 1. The highest BCUT2D eigenvalue weighted by molar-refractivity contribution is 7.09. The van der Waals surface area contributed by atoms with Gasteiger partial charge in [0.25, 0.3) is 5.91 Å². The van der Waals surface area contributed by atoms with Crippen LogP contribution in [0.25, 0.3) is 0 Å². The Bertz CT molecular complexity index is 2090. The molecule has 1 aromatic carbocycles. The molecule has 0 unspecified atom stereocenters. The van der Waals surface area contributed by atoms with Gasteiger partial charge in [0, 0.05) is 56.3 Å². The van der Waals surface area contributed by atoms with Crippen molar-refractivity contribution >= 4 is 52.7 Å². The number of benzene rings is 1. The topological polar surface area (TPSA) is 238 Å². The number of aromatic nitrogens is 4. The number of nitrogens with one attached hydrogen (secondary N) is 3. The van der Waals surface area contributed by atoms with Gasteiger partial charge < -0.3 is 35.8 Å². The maximum Gasteiger partial charge on any atom is 0.325 e. The maximum absolute atomic E-state index is 15.1. The van der Waals surface area contributed by atoms with Crippen LogP contribution in [0.2, 0.25) is 0 Å². The summed E-state index contributed by atoms with van der Waals surface area (Å²) in [7, 11) is 3.74. The molecule has 3 aromatic rings. The molecule has 0 spiro atoms. The van der Waals surface area contributed by atoms with Crippen molar-refractivity contribution in [3.63, 3.8) is 0 Å². The van der Waals surface area contributed by atoms with E-state index in [0.29, 0.717) is 55.8 Å². The molecule has 66 heavy (non-hydrogen) atoms. The van der Waals surface area contributed by atoms with Gasteiger partial charge in [0.05, 0.1) is 17.2 Å². The van der Waals surface area contributed by atoms with E-state index in [0.717, 1.165) is 42.0 Å². The lowest BCUT2D eigenvalue weighted by Gasteiger charge is -2.40. The maximum atomic E-state index is 15.1. The Kier molecular flexibility index (Phi) is 20.1. The number of carboxylic acids is 2. The number of anilines is 1. The fraction of sp³-hybridized carbons (Fsp3) is 0.638. The number of hydrogen-bond donors (Lipinski definition) is 5. The summed E-state index contributed by atoms with van der Waals surface area (Å²) in [6.07, 6.45) is 6.18. The van der Waals surface area contributed by atoms with Crippen molar-refractivity contribution in [3.8, 4) is 0 Å². The van der Waals surface area contributed by atoms with Gasteiger partial charge in [-0.1, -0.05) is 57.9 Å². The Hall–Kier alpha value is -5.43. The van der Waals surface area contributed by atoms with Gasteiger partial charge in [0.15, 0.2) is 6.10 Å². The molecule has 1 fully saturated rings. The number of ether oxygens (including phenoxy) is 1. The second-order valence-corrected chi connectivity index (χ2v) is 19.5. The number of likely N-dealkylation sites (tertiary alicyclic amines) is 1. The molecule has 3 amide bonds. The zero-order chi connectivity index (χ0) is 48.7. The normalized spacial score (nSPS) is 16.7. The molecule has 2 aromatic heterocycles. The van der Waals surface area contributed by atoms with Gasteiger partial charge in [-0.15, -0.1) is 16.4 Å². The SMILES string of the molecule is CC[C@H](C)[C@H](NC(=O)[C@H]1CCCCN1C)C(=O)N(CCCCc1cn(CC(=O)O)nn1)[C@H](C[C@@H](OC(C)=O)c1nc(C(=O)N[C@@H](Cc2ccc(NC)cc2)CC(C)(C)C(=O)O)cs1)C(C)C. The Morgan fingerprint density at radius 3 is 2.35 bits per heavy atom. The fourth-order valence-electron chi connectivity index (χ4n) is 8.36. The lowest BCUT2D eigenvalue weighted by molar-refractivity contribution is -0.150. The molecule has 4 rings (SSSR count). The third-order valence-corrected chi connectivity index (χ3v) is 13.4. The predicted molar refractivity (Wildman–Crippen MR) is 251 cm³/mol. The highest BCUT2D eigenvalue weighted by Gasteiger charge is 2.39. The quantitative estimate of drug-likeness (QED) is 0.0488. The zero-order valence-electron chi connectivity index (χ0n) is 40.0. The first-order valence-corrected chi connectivity index (χ1v) is 24.0. The molecule has 364 valence electrons. The standard InChI is InChI=1S/C47H71N9O9S/c1-10-30(4)41(51-43(61)37-16-12-13-21-54(37)9)45(62)56(22-14-11-15-34-26-55(53-52-34)27-40(58)59)38(29(2)3)24-39(65-31(5)57)44-50-36(28-66-44)42(60)49-35(25-47(6,7)46(63)64)23-32-17-19-33(48-8)20-18-32/h17-20,26,28-30,35,37-39,41,48H,10-16,21-25,27H2,1-9H3,(H,49,60)(H,51,61)(H,58,59)(H,63,64)/t30-,35-,37+,38+,39+,41-/m0/s1. The smallest absolute Gasteiger partial charge is 0.325 e. The summed E-state index contributed by atoms with van der Waals surface area (Å²) < 4.78 is 7.20. The number of carboxylic acid groups (broad SMARTS) is 2. The van der Waals surface area contributed by atoms with Gasteiger partial charge in [-0.3, -0.25) is 33.7 Å². The van der Waals surface area contributed by atoms with E-state index in [1.54, 1.807) is 30.3 Å². The third-order valence-electron chi connectivity index (χ3n) is 12.5. The molecular weight excluding hydrogens is 867 g/mol. The molecule has 0 bridgehead atoms. The van der Waals surface area contributed by atoms with Crippen LogP contribution in [0.4, 0.5) is 5.69 Å². The number of carbonyl (C=O) groups is 6. The first-order chi connectivity index (χ1) is 31.2. The molecule has 1 aliphatic heterocycles. The summed E-state index contributed by atoms with van der Waals surface area (Å²) in [6.45, 7) is 13.2. The highest BCUT2D eigenvalue weighted by atomic mass is 32.1. The van der Waals surface area contributed by atoms with Gasteiger partial charge >= 0.3 is 17.9 Å². The number of aliphatic carboxylic acids is 2. The monoisotopic (exact) mass is 938 g/mol. The van der Waals surface area contributed by atoms with E-state index < -0.39 is 53.5 Å². The zero-order valence-corrected chi connectivity index (χ0v) is 40.9. The number of piperidine rings is 1. The van der Waals surface area contributed by atoms with E-state index in [2.05, 4.69) is 31.2 Å². The molecule has 5 N–H and O–H groups in total. The van der Waals surface area contributed by atoms with Crippen molar-refractivity contribution in [2.24, 2.45) is 17.3 Å². The van der Waals surface area contributed by atoms with Crippen molar-refractivity contribution in [3.05, 3.63) is 57.8 Å². The minimum Gasteiger partial charge on any atom is -0.481 e. The van der Waals surface area contributed by atoms with Crippen LogP contribution in [0.1, 0.15) is 133 Å². The Labute approximate surface area is 392 Å². The molecule has 1 saturated heterocycles. The van der Waals surface area contributed by atoms with Crippen molar-refractivity contribution in [1.82, 2.24) is 40.4 Å². The summed E-state index contributed by atoms with van der Waals surface area (Å²) in [5.41, 5.74) is 1.38. The lowest BCUT2D eigenvalue weighted by atomic mass is 9.84. The van der Waals surface area contributed by atoms with E-state index in [9.17, 15) is 29.1 Å². The minimum atomic E-state index is -1.14. The van der Waals surface area contributed by atoms with E-state index in [1.807, 2.05) is 71.0 Å². The highest BCUT2D eigenvalue weighted by Crippen LogP contribution is 2.32. The van der Waals surface area contributed by atoms with Crippen LogP contribution in [0.5, 0.6) is 0 Å². The molecule has 1 aliphatic rings. The van der Waals surface area contributed by atoms with Crippen LogP contribution >= 0.6 is 11.3 Å². The van der Waals surface area contributed by atoms with E-state index in [4.69, 9.17) is 9.84 Å². The van der Waals surface area contributed by atoms with E-state index >= 15 is 4.79 Å². The second kappa shape index (κ2) is 24.9. The van der Waals surface area contributed by atoms with Crippen LogP contribution in [0, 0.1) is 17.3 Å². The minimum absolute atomic E-state index is 0.0809. The number of rotatable bonds is 26. The van der Waals surface area contributed by atoms with Crippen molar-refractivity contribution in [2.45, 2.75) is 149 Å². The number of carbonyl (C=O) groups excluding carboxylic acids is 4. The second-order valence-electron chi connectivity index (χ2n) is 18.6. The molecule has 6 atom stereocenters. The Morgan fingerprint density at radius 1 is 1.03 bits per heavy atom. The molecule has 18 nitrogen and oxygen atoms in total. The molecule has 0 radical (unpaired) electrons. The molecule has 19 heteroatoms. The van der Waals surface area contributed by atoms with Crippen molar-refractivity contribution in [1.29, 1.82) is 0 Å². The fourth-order valence-corrected chi connectivity index (χ4v) is 9.20. The number of thiazole rings is 1. The van der Waals surface area contributed by atoms with Gasteiger partial charge in [-0.2, -0.15) is 0 Å². The van der Waals surface area contributed by atoms with Crippen LogP contribution in [-0.4, -0.2) is 127 Å². The summed E-state index contributed by atoms with van der Waals surface area (Å²) in [6, 6.07) is 5.41. The number of nitrogens with zero attached hydrogens (tertiary/aromatic N) is 6. The molecular formula is C47H71N9O9S. The average molecular weight is 938 g/mol. The van der Waals surface area contributed by atoms with Gasteiger partial charge in [-0.25, -0.2) is 9.67 Å². The summed E-state index contributed by atoms with van der Waals surface area (Å²) in [4.78, 5) is 87.5. The number of amides is 3. The van der Waals surface area contributed by atoms with E-state index in [-0.39, 0.29) is 54.8 Å². The van der Waals surface area contributed by atoms with E-state index in [1.165, 1.54) is 11.6 Å². The number of aryl methyl sites for hydroxylation is 1. The first kappa shape index (κ1) is 53.2. The largest absolute Gasteiger partial charge is 0.481 e.